The van der Waals surface area contributed by atoms with Crippen LogP contribution in [0.2, 0.25) is 0 Å². The summed E-state index contributed by atoms with van der Waals surface area (Å²) in [6.45, 7) is 5.72. The minimum Gasteiger partial charge on any atom is -0.496 e. The first-order valence-electron chi connectivity index (χ1n) is 24.9. The van der Waals surface area contributed by atoms with Crippen LogP contribution in [0.25, 0.3) is 67.2 Å². The second-order valence-corrected chi connectivity index (χ2v) is 34.8. The van der Waals surface area contributed by atoms with E-state index in [1.807, 2.05) is 120 Å². The number of aliphatic hydroxyl groups excluding tert-OH is 1. The molecule has 1 atom stereocenters. The molecule has 0 aliphatic heterocycles. The van der Waals surface area contributed by atoms with E-state index in [1.54, 1.807) is 75.1 Å². The number of carbonyl (C=O) groups excluding carboxylic acids is 1. The van der Waals surface area contributed by atoms with Gasteiger partial charge in [-0.15, -0.1) is 170 Å². The number of hydrogen-bond acceptors (Lipinski definition) is 18. The Hall–Kier alpha value is -1.99. The molecule has 0 fully saturated rings. The summed E-state index contributed by atoms with van der Waals surface area (Å²) in [6, 6.07) is 34.6. The van der Waals surface area contributed by atoms with Crippen molar-refractivity contribution in [1.29, 1.82) is 0 Å². The first-order valence-corrected chi connectivity index (χ1v) is 40.2. The van der Waals surface area contributed by atoms with Crippen LogP contribution >= 0.6 is 218 Å². The number of methoxy groups -OCH3 is 1. The molecule has 0 radical (unpaired) electrons. The van der Waals surface area contributed by atoms with Crippen molar-refractivity contribution in [2.75, 3.05) is 7.11 Å². The van der Waals surface area contributed by atoms with Crippen LogP contribution in [0.1, 0.15) is 64.8 Å². The molecule has 22 heteroatoms. The Balaban J connectivity index is 0.000000120. The summed E-state index contributed by atoms with van der Waals surface area (Å²) in [5.41, 5.74) is 0. The molecule has 420 valence electrons. The number of unbranched alkanes of at least 4 members (excludes halogenated alkanes) is 1. The summed E-state index contributed by atoms with van der Waals surface area (Å²) in [5.74, 6) is 1.02. The Kier molecular flexibility index (Phi) is 25.6. The van der Waals surface area contributed by atoms with Crippen molar-refractivity contribution in [3.8, 4) is 5.75 Å². The largest absolute Gasteiger partial charge is 1.00 e. The molecule has 1 aromatic carbocycles. The van der Waals surface area contributed by atoms with Crippen LogP contribution in [0.3, 0.4) is 0 Å². The van der Waals surface area contributed by atoms with Gasteiger partial charge in [-0.2, -0.15) is 6.42 Å². The molecule has 0 spiro atoms. The van der Waals surface area contributed by atoms with E-state index in [0.29, 0.717) is 0 Å². The molecular weight excluding hydrogens is 1510 g/mol. The Morgan fingerprint density at radius 1 is 0.494 bits per heavy atom. The van der Waals surface area contributed by atoms with Crippen molar-refractivity contribution in [2.24, 2.45) is 0 Å². The Morgan fingerprint density at radius 2 is 0.988 bits per heavy atom. The second-order valence-electron chi connectivity index (χ2n) is 17.2. The van der Waals surface area contributed by atoms with Gasteiger partial charge in [-0.1, -0.05) is 13.3 Å². The van der Waals surface area contributed by atoms with Crippen LogP contribution in [-0.2, 0) is 12.8 Å². The topological polar surface area (TPSA) is 46.5 Å². The smallest absolute Gasteiger partial charge is 0.496 e. The molecule has 1 unspecified atom stereocenters. The van der Waals surface area contributed by atoms with E-state index in [1.165, 1.54) is 109 Å². The average Bonchev–Trinajstić information content (AvgIpc) is 4.32. The standard InChI is InChI=1S/C12H10OS3.C12H6S3.C11H7BrOS3.C11H7BrS3.C6H4S2.C5H3BrOS.C4H9.Li/c1-13-9-2-4-14-11(9)6-8-7-12-10(16-8)3-5-15-12;1-3-13-10-6-11-8(5-7(1)10)12-9(15-11)2-4-14-12;12-6-1-3-15-11(6)10(13)9-5-8-7(16-9)2-4-14-8;12-8-1-3-13-10(8)5-7-6-11-9(15-7)2-4-14-11;1-3-7-6-2-4-8-5(1)6;6-4-1-2-8-5(4)3-7;1-3-4-2;/h2-5,7H,6H2,1H3;1-6H;1-5,10,13H;1-4,6H,5H2;1-4H;1-3H;1,3-4H2,2H3;/q;;;;;;-1;+1. The molecule has 3 nitrogen and oxygen atoms in total. The quantitative estimate of drug-likeness (QED) is 0.0890. The molecule has 0 amide bonds. The third-order valence-corrected chi connectivity index (χ3v) is 29.7. The van der Waals surface area contributed by atoms with Crippen molar-refractivity contribution in [3.63, 3.8) is 0 Å². The van der Waals surface area contributed by atoms with Crippen LogP contribution < -0.4 is 23.6 Å². The molecule has 0 saturated heterocycles. The maximum absolute atomic E-state index is 10.3. The van der Waals surface area contributed by atoms with Gasteiger partial charge in [0.05, 0.1) is 26.4 Å². The number of rotatable bonds is 9. The van der Waals surface area contributed by atoms with Crippen molar-refractivity contribution >= 4 is 291 Å². The molecular formula is C61H46Br3LiO3S15. The summed E-state index contributed by atoms with van der Waals surface area (Å²) in [7, 11) is 1.73. The summed E-state index contributed by atoms with van der Waals surface area (Å²) >= 11 is 36.8. The zero-order valence-electron chi connectivity index (χ0n) is 44.3. The van der Waals surface area contributed by atoms with E-state index in [0.717, 1.165) is 54.9 Å². The van der Waals surface area contributed by atoms with Gasteiger partial charge in [-0.05, 0) is 209 Å². The summed E-state index contributed by atoms with van der Waals surface area (Å²) in [4.78, 5) is 18.4. The van der Waals surface area contributed by atoms with Gasteiger partial charge < -0.3 is 16.8 Å². The Bertz CT molecular complexity index is 4380. The molecule has 16 aromatic rings. The molecule has 16 rings (SSSR count). The third kappa shape index (κ3) is 17.0. The van der Waals surface area contributed by atoms with Gasteiger partial charge in [0.15, 0.2) is 6.29 Å². The molecule has 1 N–H and O–H groups in total. The Morgan fingerprint density at radius 3 is 1.53 bits per heavy atom. The molecule has 0 aliphatic carbocycles. The van der Waals surface area contributed by atoms with E-state index >= 15 is 0 Å². The Labute approximate surface area is 579 Å². The first kappa shape index (κ1) is 65.5. The van der Waals surface area contributed by atoms with Gasteiger partial charge in [-0.25, -0.2) is 0 Å². The molecule has 0 bridgehead atoms. The predicted molar refractivity (Wildman–Crippen MR) is 394 cm³/mol. The fourth-order valence-corrected chi connectivity index (χ4v) is 24.7. The average molecular weight is 1550 g/mol. The fraction of sp³-hybridized carbons (Fsp3) is 0.115. The minimum absolute atomic E-state index is 0. The van der Waals surface area contributed by atoms with Crippen LogP contribution in [0.15, 0.2) is 170 Å². The van der Waals surface area contributed by atoms with Gasteiger partial charge in [0.25, 0.3) is 0 Å². The summed E-state index contributed by atoms with van der Waals surface area (Å²) in [5, 5.41) is 36.1. The monoisotopic (exact) mass is 1550 g/mol. The van der Waals surface area contributed by atoms with Gasteiger partial charge in [0.1, 0.15) is 11.9 Å². The van der Waals surface area contributed by atoms with E-state index in [9.17, 15) is 9.90 Å². The molecule has 0 saturated carbocycles. The molecule has 15 aromatic heterocycles. The number of benzene rings is 1. The van der Waals surface area contributed by atoms with Crippen LogP contribution in [-0.4, -0.2) is 18.5 Å². The number of aldehydes is 1. The molecule has 83 heavy (non-hydrogen) atoms. The molecule has 15 heterocycles. The predicted octanol–water partition coefficient (Wildman–Crippen LogP) is 24.1. The van der Waals surface area contributed by atoms with Crippen molar-refractivity contribution in [2.45, 2.75) is 38.7 Å². The second kappa shape index (κ2) is 32.5. The van der Waals surface area contributed by atoms with E-state index in [2.05, 4.69) is 189 Å². The normalized spacial score (nSPS) is 11.2. The third-order valence-electron chi connectivity index (χ3n) is 11.8. The maximum Gasteiger partial charge on any atom is 1.00 e. The fourth-order valence-electron chi connectivity index (χ4n) is 7.79. The zero-order chi connectivity index (χ0) is 57.0. The molecule has 0 aliphatic rings. The van der Waals surface area contributed by atoms with Gasteiger partial charge in [0.2, 0.25) is 0 Å². The number of ether oxygens (including phenoxy) is 1. The summed E-state index contributed by atoms with van der Waals surface area (Å²) < 4.78 is 25.1. The number of halogens is 3. The summed E-state index contributed by atoms with van der Waals surface area (Å²) in [6.07, 6.45) is 4.67. The van der Waals surface area contributed by atoms with Crippen molar-refractivity contribution < 1.29 is 33.5 Å². The zero-order valence-corrected chi connectivity index (χ0v) is 61.3. The van der Waals surface area contributed by atoms with Gasteiger partial charge in [0, 0.05) is 103 Å². The minimum atomic E-state index is -0.501. The van der Waals surface area contributed by atoms with Crippen LogP contribution in [0, 0.1) is 6.92 Å². The number of hydrogen-bond donors (Lipinski definition) is 1. The van der Waals surface area contributed by atoms with E-state index < -0.39 is 6.10 Å². The van der Waals surface area contributed by atoms with Crippen molar-refractivity contribution in [1.82, 2.24) is 0 Å². The SMILES string of the molecule is Brc1ccsc1Cc1cc2sccc2s1.COc1ccsc1Cc1cc2sccc2s1.O=Cc1sccc1Br.OC(c1cc2sccc2s1)c1sccc1Br.[CH2-]CCC.[Li+].c1cc2cc3c(cc2s1)sc1ccsc13.c1cc2sccc2s1. The van der Waals surface area contributed by atoms with Gasteiger partial charge in [-0.3, -0.25) is 4.79 Å². The first-order chi connectivity index (χ1) is 40.1. The van der Waals surface area contributed by atoms with E-state index in [-0.39, 0.29) is 18.9 Å². The number of fused-ring (bicyclic) bond motifs is 8. The number of carbonyl (C=O) groups is 1. The van der Waals surface area contributed by atoms with Crippen LogP contribution in [0.5, 0.6) is 5.75 Å². The van der Waals surface area contributed by atoms with Crippen molar-refractivity contribution in [3.05, 3.63) is 211 Å². The van der Waals surface area contributed by atoms with Gasteiger partial charge >= 0.3 is 18.9 Å². The van der Waals surface area contributed by atoms with E-state index in [4.69, 9.17) is 4.74 Å². The van der Waals surface area contributed by atoms with Crippen LogP contribution in [0.4, 0.5) is 0 Å². The maximum atomic E-state index is 10.3. The number of thiophene rings is 15. The number of aliphatic hydroxyl groups is 1.